The van der Waals surface area contributed by atoms with Crippen LogP contribution in [0.2, 0.25) is 0 Å². The molecule has 1 aliphatic rings. The Bertz CT molecular complexity index is 1110. The lowest BCUT2D eigenvalue weighted by Crippen LogP contribution is -2.31. The molecule has 1 unspecified atom stereocenters. The summed E-state index contributed by atoms with van der Waals surface area (Å²) in [5, 5.41) is 11.3. The Morgan fingerprint density at radius 2 is 1.88 bits per heavy atom. The topological polar surface area (TPSA) is 102 Å². The van der Waals surface area contributed by atoms with Crippen molar-refractivity contribution in [3.63, 3.8) is 0 Å². The number of hydrogen-bond donors (Lipinski definition) is 1. The maximum absolute atomic E-state index is 13.1. The number of carbonyl (C=O) groups excluding carboxylic acids is 3. The van der Waals surface area contributed by atoms with Gasteiger partial charge in [-0.25, -0.2) is 0 Å². The number of nitrogens with zero attached hydrogens (tertiary/aromatic N) is 1. The number of aryl methyl sites for hydroxylation is 1. The number of aliphatic hydroxyl groups is 1. The Morgan fingerprint density at radius 1 is 1.12 bits per heavy atom. The average molecular weight is 453 g/mol. The number of hydrogen-bond acceptors (Lipinski definition) is 7. The van der Waals surface area contributed by atoms with Crippen molar-refractivity contribution in [2.45, 2.75) is 26.3 Å². The molecule has 3 rings (SSSR count). The van der Waals surface area contributed by atoms with Gasteiger partial charge in [-0.1, -0.05) is 23.8 Å². The van der Waals surface area contributed by atoms with Crippen LogP contribution in [0.1, 0.15) is 36.1 Å². The summed E-state index contributed by atoms with van der Waals surface area (Å²) in [6, 6.07) is 10.9. The second kappa shape index (κ2) is 10.3. The third-order valence-corrected chi connectivity index (χ3v) is 5.33. The summed E-state index contributed by atoms with van der Waals surface area (Å²) in [6.45, 7) is 3.77. The van der Waals surface area contributed by atoms with Crippen molar-refractivity contribution in [3.05, 3.63) is 64.7 Å². The Hall–Kier alpha value is -3.65. The lowest BCUT2D eigenvalue weighted by Gasteiger charge is -2.25. The number of ether oxygens (including phenoxy) is 3. The highest BCUT2D eigenvalue weighted by molar-refractivity contribution is 6.46. The molecule has 0 spiro atoms. The number of carbonyl (C=O) groups is 3. The smallest absolute Gasteiger partial charge is 0.308 e. The number of aliphatic hydroxyl groups excluding tert-OH is 1. The van der Waals surface area contributed by atoms with Crippen LogP contribution in [0.25, 0.3) is 5.76 Å². The zero-order valence-electron chi connectivity index (χ0n) is 19.1. The second-order valence-electron chi connectivity index (χ2n) is 7.71. The molecule has 33 heavy (non-hydrogen) atoms. The molecule has 2 aromatic rings. The van der Waals surface area contributed by atoms with Crippen LogP contribution >= 0.6 is 0 Å². The van der Waals surface area contributed by atoms with Crippen molar-refractivity contribution in [2.75, 3.05) is 27.4 Å². The number of amides is 1. The van der Waals surface area contributed by atoms with E-state index in [1.54, 1.807) is 43.5 Å². The summed E-state index contributed by atoms with van der Waals surface area (Å²) in [7, 11) is 3.02. The van der Waals surface area contributed by atoms with E-state index in [2.05, 4.69) is 0 Å². The first-order valence-electron chi connectivity index (χ1n) is 10.5. The number of esters is 1. The van der Waals surface area contributed by atoms with Crippen molar-refractivity contribution in [2.24, 2.45) is 0 Å². The molecule has 8 nitrogen and oxygen atoms in total. The minimum absolute atomic E-state index is 0.0544. The van der Waals surface area contributed by atoms with E-state index in [9.17, 15) is 19.5 Å². The van der Waals surface area contributed by atoms with Gasteiger partial charge in [0.05, 0.1) is 24.3 Å². The van der Waals surface area contributed by atoms with Gasteiger partial charge in [-0.15, -0.1) is 0 Å². The minimum atomic E-state index is -0.873. The lowest BCUT2D eigenvalue weighted by molar-refractivity contribution is -0.140. The van der Waals surface area contributed by atoms with Crippen LogP contribution in [0, 0.1) is 6.92 Å². The molecule has 1 fully saturated rings. The van der Waals surface area contributed by atoms with E-state index in [1.807, 2.05) is 13.0 Å². The molecule has 0 bridgehead atoms. The summed E-state index contributed by atoms with van der Waals surface area (Å²) in [5.41, 5.74) is 1.63. The van der Waals surface area contributed by atoms with Gasteiger partial charge >= 0.3 is 5.97 Å². The van der Waals surface area contributed by atoms with Crippen molar-refractivity contribution >= 4 is 23.4 Å². The minimum Gasteiger partial charge on any atom is -0.507 e. The predicted molar refractivity (Wildman–Crippen MR) is 121 cm³/mol. The third kappa shape index (κ3) is 5.06. The van der Waals surface area contributed by atoms with E-state index >= 15 is 0 Å². The first-order valence-corrected chi connectivity index (χ1v) is 10.5. The van der Waals surface area contributed by atoms with Gasteiger partial charge < -0.3 is 24.2 Å². The Labute approximate surface area is 192 Å². The summed E-state index contributed by atoms with van der Waals surface area (Å²) in [6.07, 6.45) is 0.497. The van der Waals surface area contributed by atoms with Crippen molar-refractivity contribution < 1.29 is 33.7 Å². The van der Waals surface area contributed by atoms with Crippen LogP contribution in [-0.4, -0.2) is 55.0 Å². The molecule has 1 atom stereocenters. The molecule has 8 heteroatoms. The Morgan fingerprint density at radius 3 is 2.55 bits per heavy atom. The molecule has 0 aliphatic carbocycles. The molecule has 1 heterocycles. The maximum Gasteiger partial charge on any atom is 0.308 e. The Kier molecular flexibility index (Phi) is 7.50. The molecule has 0 aromatic heterocycles. The number of benzene rings is 2. The molecular weight excluding hydrogens is 426 g/mol. The monoisotopic (exact) mass is 453 g/mol. The maximum atomic E-state index is 13.1. The molecule has 1 N–H and O–H groups in total. The number of likely N-dealkylation sites (tertiary alicyclic amines) is 1. The van der Waals surface area contributed by atoms with Gasteiger partial charge in [0.25, 0.3) is 11.7 Å². The van der Waals surface area contributed by atoms with Crippen LogP contribution in [0.4, 0.5) is 0 Å². The predicted octanol–water partition coefficient (Wildman–Crippen LogP) is 3.39. The van der Waals surface area contributed by atoms with Crippen molar-refractivity contribution in [1.82, 2.24) is 4.90 Å². The van der Waals surface area contributed by atoms with E-state index < -0.39 is 23.7 Å². The largest absolute Gasteiger partial charge is 0.507 e. The van der Waals surface area contributed by atoms with Gasteiger partial charge in [-0.05, 0) is 43.2 Å². The highest BCUT2D eigenvalue weighted by Gasteiger charge is 2.46. The van der Waals surface area contributed by atoms with Crippen molar-refractivity contribution in [3.8, 4) is 11.5 Å². The van der Waals surface area contributed by atoms with Gasteiger partial charge in [0.1, 0.15) is 17.3 Å². The van der Waals surface area contributed by atoms with Gasteiger partial charge in [0, 0.05) is 27.2 Å². The summed E-state index contributed by atoms with van der Waals surface area (Å²) in [4.78, 5) is 39.0. The summed E-state index contributed by atoms with van der Waals surface area (Å²) >= 11 is 0. The van der Waals surface area contributed by atoms with Crippen molar-refractivity contribution in [1.29, 1.82) is 0 Å². The van der Waals surface area contributed by atoms with Gasteiger partial charge in [0.15, 0.2) is 0 Å². The molecule has 174 valence electrons. The highest BCUT2D eigenvalue weighted by atomic mass is 16.5. The fourth-order valence-corrected chi connectivity index (χ4v) is 3.90. The summed E-state index contributed by atoms with van der Waals surface area (Å²) < 4.78 is 15.7. The second-order valence-corrected chi connectivity index (χ2v) is 7.71. The lowest BCUT2D eigenvalue weighted by atomic mass is 9.94. The van der Waals surface area contributed by atoms with Gasteiger partial charge in [-0.2, -0.15) is 0 Å². The number of ketones is 1. The standard InChI is InChI=1S/C25H27NO7/c1-15-9-10-20(32-4)19(13-15)23(28)21-22(17-7-5-8-18(14-17)33-16(2)27)26(11-6-12-31-3)25(30)24(21)29/h5,7-10,13-14,22,28H,6,11-12H2,1-4H3/b23-21+. The highest BCUT2D eigenvalue weighted by Crippen LogP contribution is 2.41. The first kappa shape index (κ1) is 24.0. The van der Waals surface area contributed by atoms with Crippen LogP contribution in [0.5, 0.6) is 11.5 Å². The number of rotatable bonds is 8. The molecular formula is C25H27NO7. The molecule has 1 saturated heterocycles. The number of methoxy groups -OCH3 is 2. The number of Topliss-reactive ketones (excluding diaryl/α,β-unsaturated/α-hetero) is 1. The van der Waals surface area contributed by atoms with Gasteiger partial charge in [-0.3, -0.25) is 14.4 Å². The van der Waals surface area contributed by atoms with Crippen LogP contribution < -0.4 is 9.47 Å². The van der Waals surface area contributed by atoms with E-state index in [0.29, 0.717) is 29.9 Å². The van der Waals surface area contributed by atoms with E-state index in [1.165, 1.54) is 18.9 Å². The first-order chi connectivity index (χ1) is 15.8. The fraction of sp³-hybridized carbons (Fsp3) is 0.320. The molecule has 2 aromatic carbocycles. The average Bonchev–Trinajstić information content (AvgIpc) is 3.03. The molecule has 0 saturated carbocycles. The van der Waals surface area contributed by atoms with Crippen LogP contribution in [0.15, 0.2) is 48.0 Å². The van der Waals surface area contributed by atoms with E-state index in [4.69, 9.17) is 14.2 Å². The quantitative estimate of drug-likeness (QED) is 0.163. The van der Waals surface area contributed by atoms with Crippen LogP contribution in [-0.2, 0) is 19.1 Å². The van der Waals surface area contributed by atoms with Gasteiger partial charge in [0.2, 0.25) is 0 Å². The SMILES string of the molecule is COCCCN1C(=O)C(=O)/C(=C(/O)c2cc(C)ccc2OC)C1c1cccc(OC(C)=O)c1. The molecule has 1 amide bonds. The van der Waals surface area contributed by atoms with Crippen LogP contribution in [0.3, 0.4) is 0 Å². The Balaban J connectivity index is 2.19. The fourth-order valence-electron chi connectivity index (χ4n) is 3.90. The zero-order chi connectivity index (χ0) is 24.1. The third-order valence-electron chi connectivity index (χ3n) is 5.33. The van der Waals surface area contributed by atoms with E-state index in [0.717, 1.165) is 5.56 Å². The summed E-state index contributed by atoms with van der Waals surface area (Å²) in [5.74, 6) is -1.69. The zero-order valence-corrected chi connectivity index (χ0v) is 19.1. The molecule has 1 aliphatic heterocycles. The normalized spacial score (nSPS) is 17.3. The molecule has 0 radical (unpaired) electrons. The van der Waals surface area contributed by atoms with E-state index in [-0.39, 0.29) is 23.6 Å².